The van der Waals surface area contributed by atoms with Gasteiger partial charge < -0.3 is 5.11 Å². The van der Waals surface area contributed by atoms with E-state index in [0.717, 1.165) is 0 Å². The van der Waals surface area contributed by atoms with Gasteiger partial charge in [-0.15, -0.1) is 6.58 Å². The van der Waals surface area contributed by atoms with Crippen LogP contribution in [0.25, 0.3) is 0 Å². The van der Waals surface area contributed by atoms with Gasteiger partial charge in [-0.2, -0.15) is 0 Å². The summed E-state index contributed by atoms with van der Waals surface area (Å²) in [5.41, 5.74) is 0. The molecule has 0 fully saturated rings. The van der Waals surface area contributed by atoms with E-state index in [-0.39, 0.29) is 11.8 Å². The fraction of sp³-hybridized carbons (Fsp3) is 0.571. The highest BCUT2D eigenvalue weighted by molar-refractivity contribution is 5.70. The van der Waals surface area contributed by atoms with Crippen LogP contribution >= 0.6 is 0 Å². The maximum Gasteiger partial charge on any atom is 0.306 e. The Bertz CT molecular complexity index is 118. The zero-order valence-corrected chi connectivity index (χ0v) is 5.79. The van der Waals surface area contributed by atoms with Gasteiger partial charge in [-0.25, -0.2) is 0 Å². The van der Waals surface area contributed by atoms with Crippen molar-refractivity contribution < 1.29 is 9.90 Å². The summed E-state index contributed by atoms with van der Waals surface area (Å²) in [6.45, 7) is 7.02. The van der Waals surface area contributed by atoms with Gasteiger partial charge in [0.05, 0.1) is 5.92 Å². The molecule has 0 aromatic rings. The van der Waals surface area contributed by atoms with Crippen LogP contribution in [0.1, 0.15) is 13.8 Å². The van der Waals surface area contributed by atoms with E-state index in [1.807, 2.05) is 6.92 Å². The Morgan fingerprint density at radius 2 is 2.11 bits per heavy atom. The fourth-order valence-corrected chi connectivity index (χ4v) is 0.429. The Balaban J connectivity index is 3.86. The van der Waals surface area contributed by atoms with Crippen molar-refractivity contribution in [3.05, 3.63) is 12.7 Å². The van der Waals surface area contributed by atoms with Crippen LogP contribution in [0.3, 0.4) is 0 Å². The van der Waals surface area contributed by atoms with Gasteiger partial charge in [0.2, 0.25) is 0 Å². The molecule has 2 heteroatoms. The van der Waals surface area contributed by atoms with E-state index >= 15 is 0 Å². The molecule has 0 amide bonds. The Kier molecular flexibility index (Phi) is 2.99. The number of hydrogen-bond acceptors (Lipinski definition) is 1. The Hall–Kier alpha value is -0.790. The van der Waals surface area contributed by atoms with E-state index in [9.17, 15) is 4.79 Å². The molecule has 0 aromatic heterocycles. The normalized spacial score (nSPS) is 16.2. The molecule has 0 unspecified atom stereocenters. The lowest BCUT2D eigenvalue weighted by atomic mass is 9.97. The molecule has 52 valence electrons. The number of aliphatic carboxylic acids is 1. The van der Waals surface area contributed by atoms with Crippen LogP contribution in [0.5, 0.6) is 0 Å². The molecule has 2 nitrogen and oxygen atoms in total. The maximum atomic E-state index is 10.3. The Morgan fingerprint density at radius 3 is 2.22 bits per heavy atom. The molecule has 9 heavy (non-hydrogen) atoms. The monoisotopic (exact) mass is 128 g/mol. The van der Waals surface area contributed by atoms with Crippen LogP contribution in [-0.2, 0) is 4.79 Å². The minimum absolute atomic E-state index is 0.0579. The first kappa shape index (κ1) is 8.21. The molecule has 0 spiro atoms. The molecule has 0 rings (SSSR count). The predicted octanol–water partition coefficient (Wildman–Crippen LogP) is 1.53. The highest BCUT2D eigenvalue weighted by Gasteiger charge is 2.15. The van der Waals surface area contributed by atoms with Gasteiger partial charge in [0.25, 0.3) is 0 Å². The molecule has 0 bridgehead atoms. The van der Waals surface area contributed by atoms with E-state index in [1.165, 1.54) is 0 Å². The first-order valence-corrected chi connectivity index (χ1v) is 2.95. The molecule has 2 atom stereocenters. The summed E-state index contributed by atoms with van der Waals surface area (Å²) in [6, 6.07) is 0. The molecular weight excluding hydrogens is 116 g/mol. The zero-order valence-electron chi connectivity index (χ0n) is 5.79. The third-order valence-corrected chi connectivity index (χ3v) is 1.55. The lowest BCUT2D eigenvalue weighted by molar-refractivity contribution is -0.142. The Labute approximate surface area is 55.2 Å². The lowest BCUT2D eigenvalue weighted by Gasteiger charge is -2.09. The van der Waals surface area contributed by atoms with Gasteiger partial charge in [0.1, 0.15) is 0 Å². The second kappa shape index (κ2) is 3.28. The van der Waals surface area contributed by atoms with Crippen molar-refractivity contribution in [1.29, 1.82) is 0 Å². The van der Waals surface area contributed by atoms with Crippen molar-refractivity contribution in [1.82, 2.24) is 0 Å². The summed E-state index contributed by atoms with van der Waals surface area (Å²) in [5.74, 6) is -1.02. The highest BCUT2D eigenvalue weighted by Crippen LogP contribution is 2.10. The van der Waals surface area contributed by atoms with Crippen molar-refractivity contribution in [3.8, 4) is 0 Å². The van der Waals surface area contributed by atoms with Gasteiger partial charge in [-0.05, 0) is 5.92 Å². The largest absolute Gasteiger partial charge is 0.481 e. The molecule has 0 aliphatic carbocycles. The highest BCUT2D eigenvalue weighted by atomic mass is 16.4. The maximum absolute atomic E-state index is 10.3. The molecule has 0 heterocycles. The van der Waals surface area contributed by atoms with Crippen molar-refractivity contribution in [2.75, 3.05) is 0 Å². The smallest absolute Gasteiger partial charge is 0.306 e. The van der Waals surface area contributed by atoms with Crippen LogP contribution in [0.15, 0.2) is 12.7 Å². The third-order valence-electron chi connectivity index (χ3n) is 1.55. The summed E-state index contributed by atoms with van der Waals surface area (Å²) in [7, 11) is 0. The average molecular weight is 128 g/mol. The van der Waals surface area contributed by atoms with Crippen LogP contribution in [0, 0.1) is 11.8 Å². The molecule has 0 aliphatic heterocycles. The van der Waals surface area contributed by atoms with Crippen LogP contribution in [0.2, 0.25) is 0 Å². The summed E-state index contributed by atoms with van der Waals surface area (Å²) >= 11 is 0. The van der Waals surface area contributed by atoms with Crippen LogP contribution in [-0.4, -0.2) is 11.1 Å². The van der Waals surface area contributed by atoms with Crippen molar-refractivity contribution in [3.63, 3.8) is 0 Å². The first-order chi connectivity index (χ1) is 4.09. The molecule has 0 aromatic carbocycles. The molecule has 1 N–H and O–H groups in total. The topological polar surface area (TPSA) is 37.3 Å². The van der Waals surface area contributed by atoms with E-state index in [4.69, 9.17) is 5.11 Å². The number of rotatable bonds is 3. The molecule has 0 aliphatic rings. The van der Waals surface area contributed by atoms with E-state index in [0.29, 0.717) is 0 Å². The van der Waals surface area contributed by atoms with E-state index in [1.54, 1.807) is 13.0 Å². The minimum atomic E-state index is -0.762. The van der Waals surface area contributed by atoms with Crippen molar-refractivity contribution >= 4 is 5.97 Å². The second-order valence-corrected chi connectivity index (χ2v) is 2.22. The second-order valence-electron chi connectivity index (χ2n) is 2.22. The molecular formula is C7H12O2. The third kappa shape index (κ3) is 2.31. The van der Waals surface area contributed by atoms with Crippen LogP contribution < -0.4 is 0 Å². The van der Waals surface area contributed by atoms with Gasteiger partial charge in [-0.1, -0.05) is 19.9 Å². The summed E-state index contributed by atoms with van der Waals surface area (Å²) < 4.78 is 0. The first-order valence-electron chi connectivity index (χ1n) is 2.95. The van der Waals surface area contributed by atoms with E-state index in [2.05, 4.69) is 6.58 Å². The Morgan fingerprint density at radius 1 is 1.67 bits per heavy atom. The van der Waals surface area contributed by atoms with Gasteiger partial charge in [0, 0.05) is 0 Å². The van der Waals surface area contributed by atoms with Crippen LogP contribution in [0.4, 0.5) is 0 Å². The fourth-order valence-electron chi connectivity index (χ4n) is 0.429. The SMILES string of the molecule is C=C[C@@H](C)[C@@H](C)C(=O)O. The zero-order chi connectivity index (χ0) is 7.44. The molecule has 0 radical (unpaired) electrons. The average Bonchev–Trinajstić information content (AvgIpc) is 1.84. The summed E-state index contributed by atoms with van der Waals surface area (Å²) in [6.07, 6.45) is 1.65. The summed E-state index contributed by atoms with van der Waals surface area (Å²) in [5, 5.41) is 8.44. The number of carboxylic acid groups (broad SMARTS) is 1. The lowest BCUT2D eigenvalue weighted by Crippen LogP contribution is -2.15. The summed E-state index contributed by atoms with van der Waals surface area (Å²) in [4.78, 5) is 10.3. The van der Waals surface area contributed by atoms with E-state index < -0.39 is 5.97 Å². The van der Waals surface area contributed by atoms with Gasteiger partial charge in [0.15, 0.2) is 0 Å². The van der Waals surface area contributed by atoms with Crippen molar-refractivity contribution in [2.45, 2.75) is 13.8 Å². The minimum Gasteiger partial charge on any atom is -0.481 e. The molecule has 0 saturated heterocycles. The predicted molar refractivity (Wildman–Crippen MR) is 36.2 cm³/mol. The van der Waals surface area contributed by atoms with Gasteiger partial charge in [-0.3, -0.25) is 4.79 Å². The molecule has 0 saturated carbocycles. The van der Waals surface area contributed by atoms with Gasteiger partial charge >= 0.3 is 5.97 Å². The van der Waals surface area contributed by atoms with Crippen molar-refractivity contribution in [2.24, 2.45) is 11.8 Å². The number of carbonyl (C=O) groups is 1. The quantitative estimate of drug-likeness (QED) is 0.585. The number of allylic oxidation sites excluding steroid dienone is 1. The number of carboxylic acids is 1. The standard InChI is InChI=1S/C7H12O2/c1-4-5(2)6(3)7(8)9/h4-6H,1H2,2-3H3,(H,8,9)/t5-,6-/m1/s1. The number of hydrogen-bond donors (Lipinski definition) is 1.